The van der Waals surface area contributed by atoms with Gasteiger partial charge in [-0.3, -0.25) is 9.59 Å². The summed E-state index contributed by atoms with van der Waals surface area (Å²) in [5.41, 5.74) is 0.957. The van der Waals surface area contributed by atoms with Crippen molar-refractivity contribution in [2.75, 3.05) is 33.0 Å². The zero-order chi connectivity index (χ0) is 15.1. The van der Waals surface area contributed by atoms with Gasteiger partial charge in [0.1, 0.15) is 0 Å². The minimum Gasteiger partial charge on any atom is -0.345 e. The molecular formula is C14H21Cl2N3O2. The lowest BCUT2D eigenvalue weighted by atomic mass is 10.1. The molecule has 1 aromatic rings. The van der Waals surface area contributed by atoms with Crippen molar-refractivity contribution in [1.29, 1.82) is 0 Å². The number of hydrogen-bond donors (Lipinski definition) is 2. The van der Waals surface area contributed by atoms with Gasteiger partial charge in [0.2, 0.25) is 5.91 Å². The molecule has 0 saturated heterocycles. The summed E-state index contributed by atoms with van der Waals surface area (Å²) in [4.78, 5) is 25.1. The van der Waals surface area contributed by atoms with Gasteiger partial charge in [0, 0.05) is 26.2 Å². The van der Waals surface area contributed by atoms with Crippen molar-refractivity contribution in [1.82, 2.24) is 10.2 Å². The van der Waals surface area contributed by atoms with Crippen LogP contribution in [0.3, 0.4) is 0 Å². The summed E-state index contributed by atoms with van der Waals surface area (Å²) in [6.07, 6.45) is 1.19. The summed E-state index contributed by atoms with van der Waals surface area (Å²) >= 11 is 6.01. The van der Waals surface area contributed by atoms with Gasteiger partial charge in [0.05, 0.1) is 10.6 Å². The number of carbonyl (C=O) groups excluding carboxylic acids is 2. The predicted molar refractivity (Wildman–Crippen MR) is 88.5 cm³/mol. The van der Waals surface area contributed by atoms with Crippen molar-refractivity contribution in [2.45, 2.75) is 12.8 Å². The van der Waals surface area contributed by atoms with E-state index in [1.807, 2.05) is 7.05 Å². The van der Waals surface area contributed by atoms with Crippen LogP contribution >= 0.6 is 24.0 Å². The Bertz CT molecular complexity index is 493. The van der Waals surface area contributed by atoms with Crippen LogP contribution in [0, 0.1) is 0 Å². The summed E-state index contributed by atoms with van der Waals surface area (Å²) in [6, 6.07) is 4.90. The summed E-state index contributed by atoms with van der Waals surface area (Å²) in [5, 5.41) is 6.12. The molecular weight excluding hydrogens is 313 g/mol. The number of benzene rings is 1. The Hall–Kier alpha value is -1.30. The molecule has 0 atom stereocenters. The summed E-state index contributed by atoms with van der Waals surface area (Å²) in [6.45, 7) is 0.790. The van der Waals surface area contributed by atoms with Crippen molar-refractivity contribution in [3.05, 3.63) is 28.8 Å². The molecule has 0 bridgehead atoms. The van der Waals surface area contributed by atoms with Crippen LogP contribution in [0.1, 0.15) is 23.2 Å². The number of nitrogens with zero attached hydrogens (tertiary/aromatic N) is 1. The van der Waals surface area contributed by atoms with Crippen molar-refractivity contribution in [2.24, 2.45) is 0 Å². The highest BCUT2D eigenvalue weighted by atomic mass is 35.5. The number of anilines is 1. The van der Waals surface area contributed by atoms with Crippen LogP contribution in [0.15, 0.2) is 18.2 Å². The van der Waals surface area contributed by atoms with Crippen LogP contribution in [0.5, 0.6) is 0 Å². The summed E-state index contributed by atoms with van der Waals surface area (Å²) in [5.74, 6) is -0.271. The van der Waals surface area contributed by atoms with Gasteiger partial charge in [-0.25, -0.2) is 0 Å². The van der Waals surface area contributed by atoms with Crippen LogP contribution in [0.2, 0.25) is 5.02 Å². The molecule has 21 heavy (non-hydrogen) atoms. The van der Waals surface area contributed by atoms with Gasteiger partial charge in [-0.15, -0.1) is 12.4 Å². The highest BCUT2D eigenvalue weighted by molar-refractivity contribution is 6.34. The van der Waals surface area contributed by atoms with E-state index in [1.165, 1.54) is 4.90 Å². The van der Waals surface area contributed by atoms with Crippen LogP contribution in [-0.4, -0.2) is 44.4 Å². The maximum absolute atomic E-state index is 11.9. The smallest absolute Gasteiger partial charge is 0.254 e. The Morgan fingerprint density at radius 2 is 1.95 bits per heavy atom. The molecule has 0 unspecified atom stereocenters. The van der Waals surface area contributed by atoms with E-state index in [1.54, 1.807) is 32.3 Å². The van der Waals surface area contributed by atoms with Crippen LogP contribution in [0.25, 0.3) is 0 Å². The molecule has 0 spiro atoms. The Morgan fingerprint density at radius 1 is 1.29 bits per heavy atom. The lowest BCUT2D eigenvalue weighted by Crippen LogP contribution is -2.22. The first kappa shape index (κ1) is 19.7. The zero-order valence-electron chi connectivity index (χ0n) is 12.4. The fourth-order valence-electron chi connectivity index (χ4n) is 1.66. The highest BCUT2D eigenvalue weighted by Gasteiger charge is 2.13. The first-order valence-corrected chi connectivity index (χ1v) is 6.79. The van der Waals surface area contributed by atoms with Gasteiger partial charge < -0.3 is 15.5 Å². The van der Waals surface area contributed by atoms with Crippen molar-refractivity contribution in [3.63, 3.8) is 0 Å². The van der Waals surface area contributed by atoms with Crippen molar-refractivity contribution < 1.29 is 9.59 Å². The molecule has 0 aromatic heterocycles. The summed E-state index contributed by atoms with van der Waals surface area (Å²) < 4.78 is 0. The molecule has 0 aliphatic rings. The van der Waals surface area contributed by atoms with E-state index in [2.05, 4.69) is 10.6 Å². The molecule has 1 aromatic carbocycles. The molecule has 2 amide bonds. The van der Waals surface area contributed by atoms with E-state index in [0.717, 1.165) is 13.0 Å². The number of rotatable bonds is 6. The molecule has 2 N–H and O–H groups in total. The maximum Gasteiger partial charge on any atom is 0.254 e. The van der Waals surface area contributed by atoms with Gasteiger partial charge >= 0.3 is 0 Å². The number of nitrogens with one attached hydrogen (secondary N) is 2. The number of carbonyl (C=O) groups is 2. The van der Waals surface area contributed by atoms with E-state index in [-0.39, 0.29) is 24.2 Å². The second-order valence-electron chi connectivity index (χ2n) is 4.65. The average molecular weight is 334 g/mol. The number of halogens is 2. The molecule has 0 saturated carbocycles. The fourth-order valence-corrected chi connectivity index (χ4v) is 1.86. The molecule has 5 nitrogen and oxygen atoms in total. The van der Waals surface area contributed by atoms with E-state index in [4.69, 9.17) is 11.6 Å². The van der Waals surface area contributed by atoms with E-state index in [0.29, 0.717) is 22.7 Å². The van der Waals surface area contributed by atoms with Crippen molar-refractivity contribution in [3.8, 4) is 0 Å². The maximum atomic E-state index is 11.9. The molecule has 0 radical (unpaired) electrons. The van der Waals surface area contributed by atoms with E-state index >= 15 is 0 Å². The number of amides is 2. The van der Waals surface area contributed by atoms with E-state index < -0.39 is 0 Å². The second kappa shape index (κ2) is 9.60. The Labute approximate surface area is 136 Å². The quantitative estimate of drug-likeness (QED) is 0.786. The first-order chi connectivity index (χ1) is 9.45. The van der Waals surface area contributed by atoms with Gasteiger partial charge in [0.25, 0.3) is 5.91 Å². The van der Waals surface area contributed by atoms with E-state index in [9.17, 15) is 9.59 Å². The topological polar surface area (TPSA) is 61.4 Å². The normalized spacial score (nSPS) is 9.71. The lowest BCUT2D eigenvalue weighted by molar-refractivity contribution is -0.116. The van der Waals surface area contributed by atoms with Gasteiger partial charge in [-0.1, -0.05) is 11.6 Å². The molecule has 0 heterocycles. The molecule has 7 heteroatoms. The van der Waals surface area contributed by atoms with Crippen LogP contribution < -0.4 is 10.6 Å². The molecule has 0 aliphatic carbocycles. The first-order valence-electron chi connectivity index (χ1n) is 6.41. The van der Waals surface area contributed by atoms with Crippen LogP contribution in [-0.2, 0) is 4.79 Å². The van der Waals surface area contributed by atoms with Gasteiger partial charge in [-0.2, -0.15) is 0 Å². The lowest BCUT2D eigenvalue weighted by Gasteiger charge is -2.13. The molecule has 118 valence electrons. The Kier molecular flexibility index (Phi) is 9.01. The van der Waals surface area contributed by atoms with Crippen molar-refractivity contribution >= 4 is 41.5 Å². The van der Waals surface area contributed by atoms with Crippen LogP contribution in [0.4, 0.5) is 5.69 Å². The highest BCUT2D eigenvalue weighted by Crippen LogP contribution is 2.21. The fraction of sp³-hybridized carbons (Fsp3) is 0.429. The number of hydrogen-bond acceptors (Lipinski definition) is 3. The monoisotopic (exact) mass is 333 g/mol. The third-order valence-corrected chi connectivity index (χ3v) is 3.05. The van der Waals surface area contributed by atoms with Gasteiger partial charge in [-0.05, 0) is 38.2 Å². The SMILES string of the molecule is CNCCCC(=O)Nc1ccc(Cl)c(C(=O)N(C)C)c1.Cl. The standard InChI is InChI=1S/C14H20ClN3O2.ClH/c1-16-8-4-5-13(19)17-10-6-7-12(15)11(9-10)14(20)18(2)3;/h6-7,9,16H,4-5,8H2,1-3H3,(H,17,19);1H. The Balaban J connectivity index is 0.00000400. The molecule has 0 aliphatic heterocycles. The second-order valence-corrected chi connectivity index (χ2v) is 5.06. The minimum atomic E-state index is -0.193. The third-order valence-electron chi connectivity index (χ3n) is 2.72. The largest absolute Gasteiger partial charge is 0.345 e. The summed E-state index contributed by atoms with van der Waals surface area (Å²) in [7, 11) is 5.15. The average Bonchev–Trinajstić information content (AvgIpc) is 2.40. The molecule has 1 rings (SSSR count). The molecule has 0 fully saturated rings. The van der Waals surface area contributed by atoms with Gasteiger partial charge in [0.15, 0.2) is 0 Å². The zero-order valence-corrected chi connectivity index (χ0v) is 14.0. The minimum absolute atomic E-state index is 0. The predicted octanol–water partition coefficient (Wildman–Crippen LogP) is 2.40. The Morgan fingerprint density at radius 3 is 2.52 bits per heavy atom. The third kappa shape index (κ3) is 6.33.